The summed E-state index contributed by atoms with van der Waals surface area (Å²) in [6, 6.07) is -0.522. The van der Waals surface area contributed by atoms with Gasteiger partial charge < -0.3 is 16.2 Å². The summed E-state index contributed by atoms with van der Waals surface area (Å²) in [7, 11) is 0. The standard InChI is InChI=1S/C14H27N3O2/c1-3-5-11-19-14(18)12(15)9-6-7-10-17-13(16)8-4-2/h4,12H,2-3,5-11,15H2,1H3,(H2,16,17)/t12-/m0/s1. The number of nitrogens with two attached hydrogens (primary N) is 2. The van der Waals surface area contributed by atoms with Gasteiger partial charge >= 0.3 is 5.97 Å². The number of hydrogen-bond donors (Lipinski definition) is 2. The average molecular weight is 269 g/mol. The van der Waals surface area contributed by atoms with Crippen LogP contribution in [0.3, 0.4) is 0 Å². The number of esters is 1. The maximum absolute atomic E-state index is 11.5. The molecular formula is C14H27N3O2. The first-order chi connectivity index (χ1) is 9.11. The first-order valence-electron chi connectivity index (χ1n) is 6.93. The molecule has 0 spiro atoms. The molecule has 0 fully saturated rings. The number of hydrogen-bond acceptors (Lipinski definition) is 4. The molecule has 0 saturated heterocycles. The van der Waals surface area contributed by atoms with Crippen molar-refractivity contribution in [1.82, 2.24) is 0 Å². The van der Waals surface area contributed by atoms with Gasteiger partial charge in [-0.25, -0.2) is 0 Å². The van der Waals surface area contributed by atoms with Crippen LogP contribution in [0.4, 0.5) is 0 Å². The van der Waals surface area contributed by atoms with E-state index >= 15 is 0 Å². The molecule has 1 atom stereocenters. The molecule has 5 heteroatoms. The minimum absolute atomic E-state index is 0.303. The van der Waals surface area contributed by atoms with E-state index in [2.05, 4.69) is 11.6 Å². The molecule has 0 rings (SSSR count). The van der Waals surface area contributed by atoms with Crippen LogP contribution >= 0.6 is 0 Å². The molecule has 0 saturated carbocycles. The fourth-order valence-corrected chi connectivity index (χ4v) is 1.45. The zero-order chi connectivity index (χ0) is 14.5. The zero-order valence-electron chi connectivity index (χ0n) is 11.9. The smallest absolute Gasteiger partial charge is 0.322 e. The predicted molar refractivity (Wildman–Crippen MR) is 79.0 cm³/mol. The van der Waals surface area contributed by atoms with Crippen LogP contribution in [-0.2, 0) is 9.53 Å². The molecule has 0 heterocycles. The van der Waals surface area contributed by atoms with E-state index in [1.165, 1.54) is 0 Å². The van der Waals surface area contributed by atoms with Gasteiger partial charge in [0.2, 0.25) is 0 Å². The van der Waals surface area contributed by atoms with Crippen LogP contribution in [0.1, 0.15) is 45.4 Å². The lowest BCUT2D eigenvalue weighted by atomic mass is 10.1. The quantitative estimate of drug-likeness (QED) is 0.196. The molecule has 4 N–H and O–H groups in total. The Bertz CT molecular complexity index is 290. The molecule has 0 amide bonds. The van der Waals surface area contributed by atoms with Crippen LogP contribution in [0, 0.1) is 0 Å². The molecule has 0 aliphatic rings. The fraction of sp³-hybridized carbons (Fsp3) is 0.714. The van der Waals surface area contributed by atoms with Gasteiger partial charge in [0.15, 0.2) is 0 Å². The van der Waals surface area contributed by atoms with Crippen molar-refractivity contribution in [2.24, 2.45) is 16.5 Å². The number of carbonyl (C=O) groups excluding carboxylic acids is 1. The Hall–Kier alpha value is -1.36. The second-order valence-corrected chi connectivity index (χ2v) is 4.49. The van der Waals surface area contributed by atoms with Crippen molar-refractivity contribution in [3.63, 3.8) is 0 Å². The molecule has 5 nitrogen and oxygen atoms in total. The summed E-state index contributed by atoms with van der Waals surface area (Å²) >= 11 is 0. The van der Waals surface area contributed by atoms with Gasteiger partial charge in [-0.15, -0.1) is 6.58 Å². The highest BCUT2D eigenvalue weighted by atomic mass is 16.5. The summed E-state index contributed by atoms with van der Waals surface area (Å²) in [6.07, 6.45) is 6.57. The van der Waals surface area contributed by atoms with Crippen LogP contribution in [0.15, 0.2) is 17.6 Å². The Kier molecular flexibility index (Phi) is 10.9. The summed E-state index contributed by atoms with van der Waals surface area (Å²) in [6.45, 7) is 6.77. The molecule has 19 heavy (non-hydrogen) atoms. The molecule has 0 aromatic carbocycles. The Morgan fingerprint density at radius 1 is 1.42 bits per heavy atom. The number of rotatable bonds is 11. The average Bonchev–Trinajstić information content (AvgIpc) is 2.38. The highest BCUT2D eigenvalue weighted by molar-refractivity contribution is 5.81. The first-order valence-corrected chi connectivity index (χ1v) is 6.93. The lowest BCUT2D eigenvalue weighted by Crippen LogP contribution is -2.32. The monoisotopic (exact) mass is 269 g/mol. The van der Waals surface area contributed by atoms with Crippen molar-refractivity contribution < 1.29 is 9.53 Å². The van der Waals surface area contributed by atoms with Crippen molar-refractivity contribution in [3.8, 4) is 0 Å². The summed E-state index contributed by atoms with van der Waals surface area (Å²) in [5.74, 6) is 0.293. The first kappa shape index (κ1) is 17.6. The minimum Gasteiger partial charge on any atom is -0.465 e. The van der Waals surface area contributed by atoms with E-state index < -0.39 is 6.04 Å². The normalized spacial score (nSPS) is 13.1. The van der Waals surface area contributed by atoms with Crippen molar-refractivity contribution in [1.29, 1.82) is 0 Å². The predicted octanol–water partition coefficient (Wildman–Crippen LogP) is 1.76. The van der Waals surface area contributed by atoms with Crippen molar-refractivity contribution in [2.45, 2.75) is 51.5 Å². The molecule has 0 bridgehead atoms. The Balaban J connectivity index is 3.62. The maximum atomic E-state index is 11.5. The topological polar surface area (TPSA) is 90.7 Å². The summed E-state index contributed by atoms with van der Waals surface area (Å²) in [5.41, 5.74) is 11.4. The van der Waals surface area contributed by atoms with Crippen LogP contribution in [0.2, 0.25) is 0 Å². The van der Waals surface area contributed by atoms with Crippen molar-refractivity contribution in [3.05, 3.63) is 12.7 Å². The number of ether oxygens (including phenoxy) is 1. The fourth-order valence-electron chi connectivity index (χ4n) is 1.45. The third-order valence-electron chi connectivity index (χ3n) is 2.64. The Morgan fingerprint density at radius 2 is 2.16 bits per heavy atom. The van der Waals surface area contributed by atoms with Gasteiger partial charge in [0.25, 0.3) is 0 Å². The summed E-state index contributed by atoms with van der Waals surface area (Å²) < 4.78 is 5.05. The Morgan fingerprint density at radius 3 is 2.79 bits per heavy atom. The van der Waals surface area contributed by atoms with Gasteiger partial charge in [-0.05, 0) is 25.7 Å². The summed E-state index contributed by atoms with van der Waals surface area (Å²) in [4.78, 5) is 15.7. The van der Waals surface area contributed by atoms with Crippen LogP contribution < -0.4 is 11.5 Å². The second-order valence-electron chi connectivity index (χ2n) is 4.49. The number of aliphatic imine (C=N–C) groups is 1. The number of unbranched alkanes of at least 4 members (excludes halogenated alkanes) is 2. The third kappa shape index (κ3) is 10.3. The molecular weight excluding hydrogens is 242 g/mol. The lowest BCUT2D eigenvalue weighted by molar-refractivity contribution is -0.145. The van der Waals surface area contributed by atoms with Crippen LogP contribution in [0.25, 0.3) is 0 Å². The van der Waals surface area contributed by atoms with E-state index in [0.29, 0.717) is 31.8 Å². The minimum atomic E-state index is -0.522. The molecule has 0 aliphatic heterocycles. The third-order valence-corrected chi connectivity index (χ3v) is 2.64. The lowest BCUT2D eigenvalue weighted by Gasteiger charge is -2.10. The van der Waals surface area contributed by atoms with E-state index in [1.807, 2.05) is 6.92 Å². The number of nitrogens with zero attached hydrogens (tertiary/aromatic N) is 1. The van der Waals surface area contributed by atoms with Crippen molar-refractivity contribution in [2.75, 3.05) is 13.2 Å². The number of amidine groups is 1. The summed E-state index contributed by atoms with van der Waals surface area (Å²) in [5, 5.41) is 0. The molecule has 0 radical (unpaired) electrons. The van der Waals surface area contributed by atoms with Gasteiger partial charge in [0, 0.05) is 13.0 Å². The molecule has 0 aromatic heterocycles. The van der Waals surface area contributed by atoms with Crippen molar-refractivity contribution >= 4 is 11.8 Å². The van der Waals surface area contributed by atoms with Gasteiger partial charge in [-0.1, -0.05) is 19.4 Å². The van der Waals surface area contributed by atoms with Crippen LogP contribution in [0.5, 0.6) is 0 Å². The highest BCUT2D eigenvalue weighted by Gasteiger charge is 2.13. The number of carbonyl (C=O) groups is 1. The van der Waals surface area contributed by atoms with Gasteiger partial charge in [-0.2, -0.15) is 0 Å². The zero-order valence-corrected chi connectivity index (χ0v) is 11.9. The van der Waals surface area contributed by atoms with Gasteiger partial charge in [0.05, 0.1) is 12.4 Å². The molecule has 0 aromatic rings. The Labute approximate surface area is 116 Å². The largest absolute Gasteiger partial charge is 0.465 e. The molecule has 0 aliphatic carbocycles. The van der Waals surface area contributed by atoms with Gasteiger partial charge in [-0.3, -0.25) is 9.79 Å². The second kappa shape index (κ2) is 11.7. The maximum Gasteiger partial charge on any atom is 0.322 e. The van der Waals surface area contributed by atoms with E-state index in [0.717, 1.165) is 25.7 Å². The SMILES string of the molecule is C=CCC(N)=NCCCC[C@H](N)C(=O)OCCCC. The van der Waals surface area contributed by atoms with Crippen LogP contribution in [-0.4, -0.2) is 31.0 Å². The van der Waals surface area contributed by atoms with E-state index in [9.17, 15) is 4.79 Å². The molecule has 110 valence electrons. The van der Waals surface area contributed by atoms with E-state index in [1.54, 1.807) is 6.08 Å². The van der Waals surface area contributed by atoms with E-state index in [-0.39, 0.29) is 5.97 Å². The highest BCUT2D eigenvalue weighted by Crippen LogP contribution is 2.02. The molecule has 0 unspecified atom stereocenters. The van der Waals surface area contributed by atoms with E-state index in [4.69, 9.17) is 16.2 Å². The van der Waals surface area contributed by atoms with Gasteiger partial charge in [0.1, 0.15) is 6.04 Å².